The van der Waals surface area contributed by atoms with E-state index < -0.39 is 0 Å². The second kappa shape index (κ2) is 2.94. The Balaban J connectivity index is 2.82. The van der Waals surface area contributed by atoms with E-state index in [9.17, 15) is 4.79 Å². The van der Waals surface area contributed by atoms with Crippen molar-refractivity contribution in [1.82, 2.24) is 19.5 Å². The maximum absolute atomic E-state index is 11.5. The van der Waals surface area contributed by atoms with Gasteiger partial charge in [-0.05, 0) is 0 Å². The van der Waals surface area contributed by atoms with Gasteiger partial charge in [0.25, 0.3) is 5.56 Å². The Morgan fingerprint density at radius 1 is 1.50 bits per heavy atom. The van der Waals surface area contributed by atoms with Crippen molar-refractivity contribution in [3.8, 4) is 0 Å². The first kappa shape index (κ1) is 8.93. The van der Waals surface area contributed by atoms with Gasteiger partial charge in [-0.25, -0.2) is 9.97 Å². The van der Waals surface area contributed by atoms with Gasteiger partial charge in [-0.2, -0.15) is 0 Å². The van der Waals surface area contributed by atoms with E-state index in [1.54, 1.807) is 10.9 Å². The molecule has 74 valence electrons. The molecule has 0 aliphatic carbocycles. The number of imidazole rings is 1. The number of nitrogens with zero attached hydrogens (tertiary/aromatic N) is 3. The van der Waals surface area contributed by atoms with E-state index in [2.05, 4.69) is 15.0 Å². The van der Waals surface area contributed by atoms with E-state index in [4.69, 9.17) is 0 Å². The molecule has 2 rings (SSSR count). The first-order valence-corrected chi connectivity index (χ1v) is 4.51. The number of aromatic amines is 1. The molecule has 0 aliphatic rings. The molecule has 0 unspecified atom stereocenters. The Morgan fingerprint density at radius 2 is 2.21 bits per heavy atom. The molecular formula is C9H12N4O. The van der Waals surface area contributed by atoms with E-state index in [-0.39, 0.29) is 11.5 Å². The van der Waals surface area contributed by atoms with Crippen molar-refractivity contribution in [2.24, 2.45) is 7.05 Å². The Labute approximate surface area is 80.8 Å². The highest BCUT2D eigenvalue weighted by molar-refractivity contribution is 5.69. The summed E-state index contributed by atoms with van der Waals surface area (Å²) in [7, 11) is 1.83. The maximum Gasteiger partial charge on any atom is 0.279 e. The van der Waals surface area contributed by atoms with Gasteiger partial charge in [-0.15, -0.1) is 0 Å². The number of aromatic nitrogens is 4. The average molecular weight is 192 g/mol. The zero-order chi connectivity index (χ0) is 10.3. The standard InChI is InChI=1S/C9H12N4O/c1-5(2)7-11-8-6(9(14)12-7)10-4-13(8)3/h4-5H,1-3H3,(H,11,12,14). The van der Waals surface area contributed by atoms with Crippen LogP contribution in [-0.2, 0) is 7.05 Å². The molecule has 1 N–H and O–H groups in total. The van der Waals surface area contributed by atoms with Crippen LogP contribution in [0.2, 0.25) is 0 Å². The second-order valence-corrected chi connectivity index (χ2v) is 3.63. The van der Waals surface area contributed by atoms with Crippen LogP contribution in [0.15, 0.2) is 11.1 Å². The third kappa shape index (κ3) is 1.21. The lowest BCUT2D eigenvalue weighted by atomic mass is 10.2. The lowest BCUT2D eigenvalue weighted by Gasteiger charge is -2.03. The summed E-state index contributed by atoms with van der Waals surface area (Å²) >= 11 is 0. The van der Waals surface area contributed by atoms with Gasteiger partial charge >= 0.3 is 0 Å². The van der Waals surface area contributed by atoms with E-state index in [0.29, 0.717) is 17.0 Å². The summed E-state index contributed by atoms with van der Waals surface area (Å²) in [4.78, 5) is 22.6. The second-order valence-electron chi connectivity index (χ2n) is 3.63. The van der Waals surface area contributed by atoms with Crippen LogP contribution in [0, 0.1) is 0 Å². The lowest BCUT2D eigenvalue weighted by molar-refractivity contribution is 0.769. The molecule has 0 spiro atoms. The summed E-state index contributed by atoms with van der Waals surface area (Å²) in [5, 5.41) is 0. The summed E-state index contributed by atoms with van der Waals surface area (Å²) in [5.41, 5.74) is 0.869. The molecule has 0 bridgehead atoms. The predicted molar refractivity (Wildman–Crippen MR) is 53.2 cm³/mol. The number of aryl methyl sites for hydroxylation is 1. The highest BCUT2D eigenvalue weighted by Crippen LogP contribution is 2.10. The molecular weight excluding hydrogens is 180 g/mol. The minimum Gasteiger partial charge on any atom is -0.318 e. The van der Waals surface area contributed by atoms with E-state index in [0.717, 1.165) is 0 Å². The molecule has 0 aromatic carbocycles. The minimum absolute atomic E-state index is 0.167. The van der Waals surface area contributed by atoms with Gasteiger partial charge in [-0.1, -0.05) is 13.8 Å². The van der Waals surface area contributed by atoms with Gasteiger partial charge in [0.2, 0.25) is 0 Å². The summed E-state index contributed by atoms with van der Waals surface area (Å²) in [5.74, 6) is 0.910. The van der Waals surface area contributed by atoms with Crippen LogP contribution in [0.5, 0.6) is 0 Å². The molecule has 0 radical (unpaired) electrons. The van der Waals surface area contributed by atoms with Gasteiger partial charge < -0.3 is 9.55 Å². The third-order valence-electron chi connectivity index (χ3n) is 2.14. The molecule has 0 fully saturated rings. The molecule has 5 nitrogen and oxygen atoms in total. The van der Waals surface area contributed by atoms with E-state index in [1.807, 2.05) is 20.9 Å². The fraction of sp³-hybridized carbons (Fsp3) is 0.444. The number of fused-ring (bicyclic) bond motifs is 1. The normalized spacial score (nSPS) is 11.4. The highest BCUT2D eigenvalue weighted by atomic mass is 16.1. The SMILES string of the molecule is CC(C)c1nc2c(ncn2C)c(=O)[nH]1. The molecule has 14 heavy (non-hydrogen) atoms. The van der Waals surface area contributed by atoms with Gasteiger partial charge in [0.15, 0.2) is 11.2 Å². The molecule has 2 heterocycles. The van der Waals surface area contributed by atoms with Crippen molar-refractivity contribution < 1.29 is 0 Å². The van der Waals surface area contributed by atoms with E-state index >= 15 is 0 Å². The molecule has 2 aromatic heterocycles. The van der Waals surface area contributed by atoms with Crippen LogP contribution < -0.4 is 5.56 Å². The van der Waals surface area contributed by atoms with Gasteiger partial charge in [0.1, 0.15) is 5.82 Å². The maximum atomic E-state index is 11.5. The zero-order valence-electron chi connectivity index (χ0n) is 8.40. The summed E-state index contributed by atoms with van der Waals surface area (Å²) < 4.78 is 1.75. The van der Waals surface area contributed by atoms with Crippen LogP contribution in [0.1, 0.15) is 25.6 Å². The van der Waals surface area contributed by atoms with Crippen LogP contribution >= 0.6 is 0 Å². The summed E-state index contributed by atoms with van der Waals surface area (Å²) in [6, 6.07) is 0. The topological polar surface area (TPSA) is 63.6 Å². The Kier molecular flexibility index (Phi) is 1.87. The molecule has 0 atom stereocenters. The zero-order valence-corrected chi connectivity index (χ0v) is 8.40. The Morgan fingerprint density at radius 3 is 2.86 bits per heavy atom. The van der Waals surface area contributed by atoms with Crippen molar-refractivity contribution in [2.75, 3.05) is 0 Å². The quantitative estimate of drug-likeness (QED) is 0.726. The number of H-pyrrole nitrogens is 1. The smallest absolute Gasteiger partial charge is 0.279 e. The van der Waals surface area contributed by atoms with Crippen LogP contribution in [0.25, 0.3) is 11.2 Å². The van der Waals surface area contributed by atoms with E-state index in [1.165, 1.54) is 0 Å². The van der Waals surface area contributed by atoms with Crippen molar-refractivity contribution in [3.05, 3.63) is 22.5 Å². The Bertz CT molecular complexity index is 523. The number of hydrogen-bond donors (Lipinski definition) is 1. The first-order chi connectivity index (χ1) is 6.59. The Hall–Kier alpha value is -1.65. The molecule has 0 amide bonds. The van der Waals surface area contributed by atoms with Gasteiger partial charge in [0, 0.05) is 13.0 Å². The first-order valence-electron chi connectivity index (χ1n) is 4.51. The largest absolute Gasteiger partial charge is 0.318 e. The fourth-order valence-corrected chi connectivity index (χ4v) is 1.31. The van der Waals surface area contributed by atoms with Crippen molar-refractivity contribution >= 4 is 11.2 Å². The van der Waals surface area contributed by atoms with Crippen molar-refractivity contribution in [1.29, 1.82) is 0 Å². The molecule has 5 heteroatoms. The monoisotopic (exact) mass is 192 g/mol. The van der Waals surface area contributed by atoms with Crippen LogP contribution in [0.3, 0.4) is 0 Å². The number of hydrogen-bond acceptors (Lipinski definition) is 3. The molecule has 0 saturated carbocycles. The molecule has 0 aliphatic heterocycles. The van der Waals surface area contributed by atoms with Gasteiger partial charge in [0.05, 0.1) is 6.33 Å². The fourth-order valence-electron chi connectivity index (χ4n) is 1.31. The average Bonchev–Trinajstić information content (AvgIpc) is 2.48. The van der Waals surface area contributed by atoms with Crippen LogP contribution in [0.4, 0.5) is 0 Å². The number of rotatable bonds is 1. The van der Waals surface area contributed by atoms with Gasteiger partial charge in [-0.3, -0.25) is 4.79 Å². The predicted octanol–water partition coefficient (Wildman–Crippen LogP) is 0.780. The summed E-state index contributed by atoms with van der Waals surface area (Å²) in [6.45, 7) is 3.97. The third-order valence-corrected chi connectivity index (χ3v) is 2.14. The summed E-state index contributed by atoms with van der Waals surface area (Å²) in [6.07, 6.45) is 1.59. The molecule has 2 aromatic rings. The minimum atomic E-state index is -0.167. The van der Waals surface area contributed by atoms with Crippen molar-refractivity contribution in [2.45, 2.75) is 19.8 Å². The van der Waals surface area contributed by atoms with Crippen molar-refractivity contribution in [3.63, 3.8) is 0 Å². The number of nitrogens with one attached hydrogen (secondary N) is 1. The lowest BCUT2D eigenvalue weighted by Crippen LogP contribution is -2.13. The highest BCUT2D eigenvalue weighted by Gasteiger charge is 2.09. The molecule has 0 saturated heterocycles. The van der Waals surface area contributed by atoms with Crippen LogP contribution in [-0.4, -0.2) is 19.5 Å².